The SMILES string of the molecule is COc1ccc(NC(=O)C2CSCN2C(=O)c2cc(F)ccc2Br)cc1. The minimum Gasteiger partial charge on any atom is -0.497 e. The Morgan fingerprint density at radius 1 is 1.27 bits per heavy atom. The molecule has 1 unspecified atom stereocenters. The van der Waals surface area contributed by atoms with Crippen LogP contribution in [0.3, 0.4) is 0 Å². The minimum atomic E-state index is -0.621. The smallest absolute Gasteiger partial charge is 0.256 e. The van der Waals surface area contributed by atoms with Crippen molar-refractivity contribution in [2.75, 3.05) is 24.1 Å². The van der Waals surface area contributed by atoms with Crippen LogP contribution < -0.4 is 10.1 Å². The summed E-state index contributed by atoms with van der Waals surface area (Å²) in [6.07, 6.45) is 0. The van der Waals surface area contributed by atoms with Gasteiger partial charge in [0.1, 0.15) is 17.6 Å². The number of amides is 2. The van der Waals surface area contributed by atoms with Gasteiger partial charge in [0.2, 0.25) is 5.91 Å². The Labute approximate surface area is 163 Å². The first-order valence-corrected chi connectivity index (χ1v) is 9.73. The summed E-state index contributed by atoms with van der Waals surface area (Å²) in [5.41, 5.74) is 0.821. The van der Waals surface area contributed by atoms with Gasteiger partial charge in [0.25, 0.3) is 5.91 Å². The van der Waals surface area contributed by atoms with Crippen molar-refractivity contribution in [1.82, 2.24) is 4.90 Å². The largest absolute Gasteiger partial charge is 0.497 e. The molecule has 136 valence electrons. The van der Waals surface area contributed by atoms with Crippen molar-refractivity contribution < 1.29 is 18.7 Å². The van der Waals surface area contributed by atoms with Crippen LogP contribution in [0.2, 0.25) is 0 Å². The molecule has 3 rings (SSSR count). The van der Waals surface area contributed by atoms with Gasteiger partial charge in [0, 0.05) is 15.9 Å². The molecule has 1 atom stereocenters. The van der Waals surface area contributed by atoms with E-state index in [2.05, 4.69) is 21.2 Å². The van der Waals surface area contributed by atoms with Gasteiger partial charge in [-0.05, 0) is 58.4 Å². The van der Waals surface area contributed by atoms with Crippen molar-refractivity contribution in [3.05, 3.63) is 58.3 Å². The number of methoxy groups -OCH3 is 1. The van der Waals surface area contributed by atoms with Gasteiger partial charge in [-0.1, -0.05) is 0 Å². The number of hydrogen-bond donors (Lipinski definition) is 1. The molecule has 1 heterocycles. The summed E-state index contributed by atoms with van der Waals surface area (Å²) in [6.45, 7) is 0. The number of nitrogens with zero attached hydrogens (tertiary/aromatic N) is 1. The molecule has 8 heteroatoms. The van der Waals surface area contributed by atoms with Crippen LogP contribution in [0.4, 0.5) is 10.1 Å². The lowest BCUT2D eigenvalue weighted by atomic mass is 10.1. The van der Waals surface area contributed by atoms with Crippen LogP contribution in [-0.2, 0) is 4.79 Å². The standard InChI is InChI=1S/C18H16BrFN2O3S/c1-25-13-5-3-12(4-6-13)21-17(23)16-9-26-10-22(16)18(24)14-8-11(20)2-7-15(14)19/h2-8,16H,9-10H2,1H3,(H,21,23). The van der Waals surface area contributed by atoms with Gasteiger partial charge in [0.15, 0.2) is 0 Å². The van der Waals surface area contributed by atoms with Crippen LogP contribution >= 0.6 is 27.7 Å². The third-order valence-corrected chi connectivity index (χ3v) is 5.67. The first kappa shape index (κ1) is 18.7. The maximum absolute atomic E-state index is 13.5. The second-order valence-corrected chi connectivity index (χ2v) is 7.49. The Bertz CT molecular complexity index is 832. The third-order valence-electron chi connectivity index (χ3n) is 3.96. The average Bonchev–Trinajstić information content (AvgIpc) is 3.13. The zero-order chi connectivity index (χ0) is 18.7. The molecule has 5 nitrogen and oxygen atoms in total. The molecule has 0 radical (unpaired) electrons. The van der Waals surface area contributed by atoms with Crippen molar-refractivity contribution in [2.24, 2.45) is 0 Å². The van der Waals surface area contributed by atoms with E-state index in [1.54, 1.807) is 31.4 Å². The van der Waals surface area contributed by atoms with Crippen molar-refractivity contribution in [2.45, 2.75) is 6.04 Å². The Balaban J connectivity index is 1.75. The van der Waals surface area contributed by atoms with E-state index in [1.807, 2.05) is 0 Å². The van der Waals surface area contributed by atoms with E-state index >= 15 is 0 Å². The van der Waals surface area contributed by atoms with Gasteiger partial charge in [-0.15, -0.1) is 11.8 Å². The highest BCUT2D eigenvalue weighted by Crippen LogP contribution is 2.27. The first-order chi connectivity index (χ1) is 12.5. The van der Waals surface area contributed by atoms with E-state index < -0.39 is 11.9 Å². The summed E-state index contributed by atoms with van der Waals surface area (Å²) in [5, 5.41) is 2.81. The number of halogens is 2. The summed E-state index contributed by atoms with van der Waals surface area (Å²) in [7, 11) is 1.57. The van der Waals surface area contributed by atoms with Gasteiger partial charge < -0.3 is 15.0 Å². The molecule has 1 aliphatic rings. The molecule has 0 aromatic heterocycles. The molecule has 1 N–H and O–H groups in total. The number of carbonyl (C=O) groups excluding carboxylic acids is 2. The number of hydrogen-bond acceptors (Lipinski definition) is 4. The van der Waals surface area contributed by atoms with Gasteiger partial charge in [-0.3, -0.25) is 9.59 Å². The number of anilines is 1. The molecule has 0 bridgehead atoms. The van der Waals surface area contributed by atoms with E-state index in [0.29, 0.717) is 27.5 Å². The Morgan fingerprint density at radius 2 is 2.00 bits per heavy atom. The highest BCUT2D eigenvalue weighted by molar-refractivity contribution is 9.10. The summed E-state index contributed by atoms with van der Waals surface area (Å²) < 4.78 is 19.1. The number of rotatable bonds is 4. The molecule has 2 aromatic rings. The van der Waals surface area contributed by atoms with Gasteiger partial charge in [0.05, 0.1) is 18.6 Å². The summed E-state index contributed by atoms with van der Waals surface area (Å²) in [6, 6.07) is 10.3. The van der Waals surface area contributed by atoms with E-state index in [1.165, 1.54) is 34.9 Å². The molecule has 1 saturated heterocycles. The number of nitrogens with one attached hydrogen (secondary N) is 1. The lowest BCUT2D eigenvalue weighted by Gasteiger charge is -2.23. The van der Waals surface area contributed by atoms with Gasteiger partial charge in [-0.25, -0.2) is 4.39 Å². The van der Waals surface area contributed by atoms with E-state index in [-0.39, 0.29) is 17.4 Å². The highest BCUT2D eigenvalue weighted by atomic mass is 79.9. The Hall–Kier alpha value is -2.06. The first-order valence-electron chi connectivity index (χ1n) is 7.78. The van der Waals surface area contributed by atoms with Crippen LogP contribution in [0.25, 0.3) is 0 Å². The molecule has 2 aromatic carbocycles. The highest BCUT2D eigenvalue weighted by Gasteiger charge is 2.35. The van der Waals surface area contributed by atoms with E-state index in [9.17, 15) is 14.0 Å². The topological polar surface area (TPSA) is 58.6 Å². The average molecular weight is 439 g/mol. The fourth-order valence-electron chi connectivity index (χ4n) is 2.58. The van der Waals surface area contributed by atoms with Crippen LogP contribution in [0.5, 0.6) is 5.75 Å². The maximum atomic E-state index is 13.5. The lowest BCUT2D eigenvalue weighted by Crippen LogP contribution is -2.44. The van der Waals surface area contributed by atoms with Crippen LogP contribution in [0, 0.1) is 5.82 Å². The summed E-state index contributed by atoms with van der Waals surface area (Å²) in [4.78, 5) is 26.9. The third kappa shape index (κ3) is 4.02. The minimum absolute atomic E-state index is 0.203. The molecule has 0 spiro atoms. The number of thioether (sulfide) groups is 1. The number of ether oxygens (including phenoxy) is 1. The Morgan fingerprint density at radius 3 is 2.69 bits per heavy atom. The zero-order valence-corrected chi connectivity index (χ0v) is 16.3. The predicted molar refractivity (Wildman–Crippen MR) is 103 cm³/mol. The van der Waals surface area contributed by atoms with Crippen molar-refractivity contribution >= 4 is 45.2 Å². The molecular weight excluding hydrogens is 423 g/mol. The number of carbonyl (C=O) groups is 2. The quantitative estimate of drug-likeness (QED) is 0.789. The van der Waals surface area contributed by atoms with Crippen LogP contribution in [-0.4, -0.2) is 41.5 Å². The molecule has 2 amide bonds. The normalized spacial score (nSPS) is 16.4. The second kappa shape index (κ2) is 8.09. The molecule has 26 heavy (non-hydrogen) atoms. The zero-order valence-electron chi connectivity index (χ0n) is 13.9. The van der Waals surface area contributed by atoms with Crippen LogP contribution in [0.1, 0.15) is 10.4 Å². The summed E-state index contributed by atoms with van der Waals surface area (Å²) in [5.74, 6) is 0.399. The molecule has 1 fully saturated rings. The molecule has 0 aliphatic carbocycles. The fraction of sp³-hybridized carbons (Fsp3) is 0.222. The molecular formula is C18H16BrFN2O3S. The molecule has 0 saturated carbocycles. The Kier molecular flexibility index (Phi) is 5.83. The van der Waals surface area contributed by atoms with Gasteiger partial charge in [-0.2, -0.15) is 0 Å². The monoisotopic (exact) mass is 438 g/mol. The predicted octanol–water partition coefficient (Wildman–Crippen LogP) is 3.75. The molecule has 1 aliphatic heterocycles. The fourth-order valence-corrected chi connectivity index (χ4v) is 4.15. The van der Waals surface area contributed by atoms with Gasteiger partial charge >= 0.3 is 0 Å². The van der Waals surface area contributed by atoms with Crippen molar-refractivity contribution in [3.63, 3.8) is 0 Å². The second-order valence-electron chi connectivity index (χ2n) is 5.63. The van der Waals surface area contributed by atoms with E-state index in [0.717, 1.165) is 0 Å². The van der Waals surface area contributed by atoms with Crippen molar-refractivity contribution in [3.8, 4) is 5.75 Å². The van der Waals surface area contributed by atoms with E-state index in [4.69, 9.17) is 4.74 Å². The maximum Gasteiger partial charge on any atom is 0.256 e. The van der Waals surface area contributed by atoms with Crippen molar-refractivity contribution in [1.29, 1.82) is 0 Å². The summed E-state index contributed by atoms with van der Waals surface area (Å²) >= 11 is 4.75. The number of benzene rings is 2. The van der Waals surface area contributed by atoms with Crippen LogP contribution in [0.15, 0.2) is 46.9 Å². The lowest BCUT2D eigenvalue weighted by molar-refractivity contribution is -0.119.